The second-order valence-electron chi connectivity index (χ2n) is 5.62. The van der Waals surface area contributed by atoms with Crippen molar-refractivity contribution in [2.24, 2.45) is 10.7 Å². The molecule has 140 valence electrons. The number of carbonyl (C=O) groups is 1. The average Bonchev–Trinajstić information content (AvgIpc) is 3.03. The Labute approximate surface area is 171 Å². The Hall–Kier alpha value is -3.29. The maximum absolute atomic E-state index is 12.6. The summed E-state index contributed by atoms with van der Waals surface area (Å²) < 4.78 is 1.98. The van der Waals surface area contributed by atoms with Gasteiger partial charge in [-0.05, 0) is 45.6 Å². The first-order valence-corrected chi connectivity index (χ1v) is 9.55. The monoisotopic (exact) mass is 456 g/mol. The number of benzene rings is 1. The van der Waals surface area contributed by atoms with E-state index in [-0.39, 0.29) is 17.9 Å². The molecule has 4 N–H and O–H groups in total. The van der Waals surface area contributed by atoms with E-state index >= 15 is 0 Å². The molecule has 0 atom stereocenters. The lowest BCUT2D eigenvalue weighted by Gasteiger charge is -2.11. The Morgan fingerprint density at radius 3 is 2.93 bits per heavy atom. The number of aromatic nitrogens is 1. The largest absolute Gasteiger partial charge is 0.383 e. The number of amides is 1. The van der Waals surface area contributed by atoms with Crippen LogP contribution in [0, 0.1) is 16.7 Å². The summed E-state index contributed by atoms with van der Waals surface area (Å²) in [7, 11) is 0. The number of nitrogens with zero attached hydrogens (tertiary/aromatic N) is 3. The Morgan fingerprint density at radius 1 is 1.43 bits per heavy atom. The number of pyridine rings is 1. The maximum atomic E-state index is 12.6. The molecule has 0 aliphatic carbocycles. The highest BCUT2D eigenvalue weighted by Crippen LogP contribution is 2.32. The molecule has 0 bridgehead atoms. The average molecular weight is 457 g/mol. The number of thiophene rings is 1. The van der Waals surface area contributed by atoms with E-state index in [4.69, 9.17) is 16.4 Å². The zero-order valence-electron chi connectivity index (χ0n) is 14.3. The molecule has 8 nitrogen and oxygen atoms in total. The molecule has 0 fully saturated rings. The van der Waals surface area contributed by atoms with Crippen LogP contribution in [-0.2, 0) is 11.3 Å². The molecule has 1 amide bonds. The van der Waals surface area contributed by atoms with E-state index in [0.29, 0.717) is 31.5 Å². The van der Waals surface area contributed by atoms with Crippen molar-refractivity contribution in [3.8, 4) is 6.07 Å². The highest BCUT2D eigenvalue weighted by molar-refractivity contribution is 9.10. The number of nitrogens with one attached hydrogen (secondary N) is 2. The number of nitriles is 1. The number of fused-ring (bicyclic) bond motifs is 1. The van der Waals surface area contributed by atoms with Crippen molar-refractivity contribution in [2.45, 2.75) is 6.54 Å². The first-order chi connectivity index (χ1) is 13.4. The predicted molar refractivity (Wildman–Crippen MR) is 113 cm³/mol. The molecule has 0 aliphatic rings. The zero-order chi connectivity index (χ0) is 20.3. The lowest BCUT2D eigenvalue weighted by molar-refractivity contribution is -0.116. The number of hydrogen-bond donors (Lipinski definition) is 3. The van der Waals surface area contributed by atoms with Crippen LogP contribution in [0.4, 0.5) is 5.00 Å². The number of aliphatic imine (C=N–C) groups is 1. The Balaban J connectivity index is 1.92. The van der Waals surface area contributed by atoms with Gasteiger partial charge in [0.25, 0.3) is 5.56 Å². The third-order valence-electron chi connectivity index (χ3n) is 3.88. The molecule has 0 spiro atoms. The first kappa shape index (κ1) is 19.5. The number of amidine groups is 1. The Kier molecular flexibility index (Phi) is 5.67. The minimum absolute atomic E-state index is 0.0878. The number of anilines is 1. The van der Waals surface area contributed by atoms with E-state index in [9.17, 15) is 9.59 Å². The molecular formula is C18H13BrN6O2S. The van der Waals surface area contributed by atoms with Crippen LogP contribution >= 0.6 is 27.3 Å². The molecule has 1 aromatic carbocycles. The van der Waals surface area contributed by atoms with Gasteiger partial charge >= 0.3 is 0 Å². The molecular weight excluding hydrogens is 444 g/mol. The lowest BCUT2D eigenvalue weighted by Crippen LogP contribution is -2.28. The van der Waals surface area contributed by atoms with E-state index < -0.39 is 5.91 Å². The second-order valence-corrected chi connectivity index (χ2v) is 7.36. The molecule has 28 heavy (non-hydrogen) atoms. The molecule has 0 saturated heterocycles. The fourth-order valence-corrected chi connectivity index (χ4v) is 4.30. The molecule has 0 saturated carbocycles. The van der Waals surface area contributed by atoms with Gasteiger partial charge in [-0.2, -0.15) is 5.26 Å². The van der Waals surface area contributed by atoms with Gasteiger partial charge in [0.05, 0.1) is 22.7 Å². The minimum atomic E-state index is -0.419. The van der Waals surface area contributed by atoms with Crippen LogP contribution in [0.1, 0.15) is 11.1 Å². The van der Waals surface area contributed by atoms with Gasteiger partial charge < -0.3 is 11.1 Å². The van der Waals surface area contributed by atoms with Crippen LogP contribution in [0.2, 0.25) is 0 Å². The zero-order valence-corrected chi connectivity index (χ0v) is 16.7. The van der Waals surface area contributed by atoms with Gasteiger partial charge in [0.1, 0.15) is 23.7 Å². The maximum Gasteiger partial charge on any atom is 0.251 e. The smallest absolute Gasteiger partial charge is 0.251 e. The number of carbonyl (C=O) groups excluding carboxylic acids is 1. The molecule has 0 radical (unpaired) electrons. The fourth-order valence-electron chi connectivity index (χ4n) is 2.65. The van der Waals surface area contributed by atoms with Crippen LogP contribution in [-0.4, -0.2) is 22.6 Å². The Bertz CT molecular complexity index is 1220. The van der Waals surface area contributed by atoms with Crippen LogP contribution in [0.5, 0.6) is 0 Å². The van der Waals surface area contributed by atoms with Crippen LogP contribution < -0.4 is 16.6 Å². The van der Waals surface area contributed by atoms with Gasteiger partial charge in [-0.25, -0.2) is 4.99 Å². The molecule has 3 rings (SSSR count). The van der Waals surface area contributed by atoms with E-state index in [1.54, 1.807) is 29.6 Å². The second kappa shape index (κ2) is 8.16. The topological polar surface area (TPSA) is 137 Å². The van der Waals surface area contributed by atoms with Crippen molar-refractivity contribution in [3.05, 3.63) is 61.7 Å². The highest BCUT2D eigenvalue weighted by atomic mass is 79.9. The summed E-state index contributed by atoms with van der Waals surface area (Å²) in [6.07, 6.45) is 0.816. The molecule has 0 unspecified atom stereocenters. The summed E-state index contributed by atoms with van der Waals surface area (Å²) in [5.41, 5.74) is 7.02. The van der Waals surface area contributed by atoms with E-state index in [2.05, 4.69) is 26.2 Å². The third kappa shape index (κ3) is 3.85. The van der Waals surface area contributed by atoms with E-state index in [1.165, 1.54) is 22.0 Å². The quantitative estimate of drug-likeness (QED) is 0.401. The van der Waals surface area contributed by atoms with Crippen LogP contribution in [0.15, 0.2) is 50.0 Å². The molecule has 10 heteroatoms. The van der Waals surface area contributed by atoms with Crippen molar-refractivity contribution in [1.29, 1.82) is 10.7 Å². The summed E-state index contributed by atoms with van der Waals surface area (Å²) in [5, 5.41) is 21.7. The van der Waals surface area contributed by atoms with Gasteiger partial charge in [0.15, 0.2) is 0 Å². The van der Waals surface area contributed by atoms with Gasteiger partial charge in [-0.3, -0.25) is 19.6 Å². The van der Waals surface area contributed by atoms with Crippen LogP contribution in [0.25, 0.3) is 10.9 Å². The summed E-state index contributed by atoms with van der Waals surface area (Å²) in [6, 6.07) is 9.93. The van der Waals surface area contributed by atoms with Crippen molar-refractivity contribution < 1.29 is 4.79 Å². The predicted octanol–water partition coefficient (Wildman–Crippen LogP) is 2.65. The number of halogens is 1. The third-order valence-corrected chi connectivity index (χ3v) is 5.70. The van der Waals surface area contributed by atoms with Crippen LogP contribution in [0.3, 0.4) is 0 Å². The van der Waals surface area contributed by atoms with Crippen molar-refractivity contribution >= 4 is 61.3 Å². The van der Waals surface area contributed by atoms with Crippen molar-refractivity contribution in [2.75, 3.05) is 5.32 Å². The normalized spacial score (nSPS) is 11.2. The van der Waals surface area contributed by atoms with Gasteiger partial charge in [0, 0.05) is 15.9 Å². The first-order valence-electron chi connectivity index (χ1n) is 7.87. The van der Waals surface area contributed by atoms with Gasteiger partial charge in [-0.1, -0.05) is 0 Å². The molecule has 3 aromatic rings. The lowest BCUT2D eigenvalue weighted by atomic mass is 10.1. The fraction of sp³-hybridized carbons (Fsp3) is 0.0556. The summed E-state index contributed by atoms with van der Waals surface area (Å²) in [5.74, 6) is -0.331. The van der Waals surface area contributed by atoms with Gasteiger partial charge in [0.2, 0.25) is 5.91 Å². The number of hydrogen-bond acceptors (Lipinski definition) is 5. The highest BCUT2D eigenvalue weighted by Gasteiger charge is 2.17. The van der Waals surface area contributed by atoms with E-state index in [1.807, 2.05) is 6.07 Å². The van der Waals surface area contributed by atoms with Crippen molar-refractivity contribution in [1.82, 2.24) is 4.57 Å². The summed E-state index contributed by atoms with van der Waals surface area (Å²) >= 11 is 4.59. The summed E-state index contributed by atoms with van der Waals surface area (Å²) in [6.45, 7) is -0.210. The van der Waals surface area contributed by atoms with Crippen molar-refractivity contribution in [3.63, 3.8) is 0 Å². The summed E-state index contributed by atoms with van der Waals surface area (Å²) in [4.78, 5) is 28.6. The molecule has 2 aromatic heterocycles. The SMILES string of the molecule is N#Cc1ccc2c(ccc(=O)n2CC(=O)Nc2scc(Br)c2C(N)=NC=N)c1. The number of nitrogens with two attached hydrogens (primary N) is 1. The standard InChI is InChI=1S/C18H13BrN6O2S/c19-12-8-28-18(16(12)17(22)23-9-21)24-14(26)7-25-13-3-1-10(6-20)5-11(13)2-4-15(25)27/h1-5,8-9H,7H2,(H,24,26)(H3,21,22,23). The minimum Gasteiger partial charge on any atom is -0.383 e. The Morgan fingerprint density at radius 2 is 2.21 bits per heavy atom. The molecule has 2 heterocycles. The van der Waals surface area contributed by atoms with E-state index in [0.717, 1.165) is 6.34 Å². The molecule has 0 aliphatic heterocycles. The number of rotatable bonds is 5. The van der Waals surface area contributed by atoms with Gasteiger partial charge in [-0.15, -0.1) is 11.3 Å².